The number of rotatable bonds is 9. The highest BCUT2D eigenvalue weighted by molar-refractivity contribution is 5.97. The summed E-state index contributed by atoms with van der Waals surface area (Å²) < 4.78 is 18.3. The Morgan fingerprint density at radius 2 is 1.31 bits per heavy atom. The van der Waals surface area contributed by atoms with Gasteiger partial charge in [-0.1, -0.05) is 84.9 Å². The van der Waals surface area contributed by atoms with Gasteiger partial charge in [-0.3, -0.25) is 0 Å². The summed E-state index contributed by atoms with van der Waals surface area (Å²) in [5.41, 5.74) is 3.41. The number of carboxylic acids is 1. The SMILES string of the molecule is O=C(O)C1N=C(c2ccccc2)OC1c1ccc(OCc2ccccc2)c(OCc2ccccc2)c1. The van der Waals surface area contributed by atoms with E-state index in [0.717, 1.165) is 16.7 Å². The van der Waals surface area contributed by atoms with Gasteiger partial charge in [0.2, 0.25) is 5.90 Å². The first-order chi connectivity index (χ1) is 17.7. The second-order valence-electron chi connectivity index (χ2n) is 8.38. The minimum absolute atomic E-state index is 0.309. The number of hydrogen-bond donors (Lipinski definition) is 1. The van der Waals surface area contributed by atoms with Crippen LogP contribution in [0.3, 0.4) is 0 Å². The van der Waals surface area contributed by atoms with Gasteiger partial charge in [0.1, 0.15) is 13.2 Å². The Bertz CT molecular complexity index is 1340. The molecule has 0 aromatic heterocycles. The maximum absolute atomic E-state index is 12.0. The summed E-state index contributed by atoms with van der Waals surface area (Å²) in [6.07, 6.45) is -0.792. The van der Waals surface area contributed by atoms with E-state index in [0.29, 0.717) is 36.2 Å². The highest BCUT2D eigenvalue weighted by Gasteiger charge is 2.38. The van der Waals surface area contributed by atoms with Crippen LogP contribution in [-0.2, 0) is 22.7 Å². The summed E-state index contributed by atoms with van der Waals surface area (Å²) in [4.78, 5) is 16.4. The van der Waals surface area contributed by atoms with Gasteiger partial charge in [-0.05, 0) is 41.0 Å². The molecule has 0 amide bonds. The van der Waals surface area contributed by atoms with Crippen LogP contribution in [0.25, 0.3) is 0 Å². The van der Waals surface area contributed by atoms with Gasteiger partial charge in [0, 0.05) is 5.56 Å². The number of hydrogen-bond acceptors (Lipinski definition) is 5. The van der Waals surface area contributed by atoms with Crippen LogP contribution in [0.1, 0.15) is 28.4 Å². The molecule has 4 aromatic carbocycles. The molecule has 2 unspecified atom stereocenters. The zero-order valence-electron chi connectivity index (χ0n) is 19.5. The van der Waals surface area contributed by atoms with Crippen LogP contribution in [0.15, 0.2) is 114 Å². The maximum Gasteiger partial charge on any atom is 0.332 e. The van der Waals surface area contributed by atoms with Crippen molar-refractivity contribution in [3.05, 3.63) is 131 Å². The van der Waals surface area contributed by atoms with Crippen molar-refractivity contribution < 1.29 is 24.1 Å². The molecule has 5 rings (SSSR count). The number of carboxylic acid groups (broad SMARTS) is 1. The van der Waals surface area contributed by atoms with Crippen LogP contribution < -0.4 is 9.47 Å². The normalized spacial score (nSPS) is 16.6. The summed E-state index contributed by atoms with van der Waals surface area (Å²) in [5, 5.41) is 9.85. The van der Waals surface area contributed by atoms with E-state index in [9.17, 15) is 9.90 Å². The number of aliphatic imine (C=N–C) groups is 1. The molecular weight excluding hydrogens is 454 g/mol. The fraction of sp³-hybridized carbons (Fsp3) is 0.133. The molecule has 180 valence electrons. The molecule has 0 radical (unpaired) electrons. The smallest absolute Gasteiger partial charge is 0.332 e. The van der Waals surface area contributed by atoms with Gasteiger partial charge in [-0.2, -0.15) is 0 Å². The van der Waals surface area contributed by atoms with Crippen molar-refractivity contribution in [2.75, 3.05) is 0 Å². The van der Waals surface area contributed by atoms with Crippen molar-refractivity contribution in [1.29, 1.82) is 0 Å². The van der Waals surface area contributed by atoms with Gasteiger partial charge in [0.15, 0.2) is 23.6 Å². The van der Waals surface area contributed by atoms with Crippen molar-refractivity contribution in [2.24, 2.45) is 4.99 Å². The fourth-order valence-electron chi connectivity index (χ4n) is 3.97. The third kappa shape index (κ3) is 5.39. The zero-order chi connectivity index (χ0) is 24.7. The minimum atomic E-state index is -1.07. The predicted molar refractivity (Wildman–Crippen MR) is 136 cm³/mol. The summed E-state index contributed by atoms with van der Waals surface area (Å²) in [6.45, 7) is 0.715. The Morgan fingerprint density at radius 3 is 1.89 bits per heavy atom. The van der Waals surface area contributed by atoms with E-state index in [1.807, 2.05) is 91.0 Å². The Kier molecular flexibility index (Phi) is 6.94. The van der Waals surface area contributed by atoms with E-state index < -0.39 is 18.1 Å². The van der Waals surface area contributed by atoms with Gasteiger partial charge in [-0.15, -0.1) is 0 Å². The molecule has 1 heterocycles. The van der Waals surface area contributed by atoms with Gasteiger partial charge in [-0.25, -0.2) is 9.79 Å². The highest BCUT2D eigenvalue weighted by atomic mass is 16.5. The van der Waals surface area contributed by atoms with Crippen molar-refractivity contribution in [2.45, 2.75) is 25.4 Å². The average Bonchev–Trinajstić information content (AvgIpc) is 3.39. The molecule has 0 bridgehead atoms. The molecule has 2 atom stereocenters. The number of nitrogens with zero attached hydrogens (tertiary/aromatic N) is 1. The zero-order valence-corrected chi connectivity index (χ0v) is 19.5. The van der Waals surface area contributed by atoms with Crippen molar-refractivity contribution in [3.63, 3.8) is 0 Å². The fourth-order valence-corrected chi connectivity index (χ4v) is 3.97. The van der Waals surface area contributed by atoms with Crippen molar-refractivity contribution in [3.8, 4) is 11.5 Å². The lowest BCUT2D eigenvalue weighted by Gasteiger charge is -2.19. The third-order valence-electron chi connectivity index (χ3n) is 5.83. The van der Waals surface area contributed by atoms with E-state index in [-0.39, 0.29) is 0 Å². The number of ether oxygens (including phenoxy) is 3. The van der Waals surface area contributed by atoms with Crippen LogP contribution in [0.5, 0.6) is 11.5 Å². The molecule has 0 spiro atoms. The first-order valence-electron chi connectivity index (χ1n) is 11.7. The first kappa shape index (κ1) is 23.2. The van der Waals surface area contributed by atoms with E-state index in [4.69, 9.17) is 14.2 Å². The first-order valence-corrected chi connectivity index (χ1v) is 11.7. The highest BCUT2D eigenvalue weighted by Crippen LogP contribution is 2.37. The van der Waals surface area contributed by atoms with Crippen LogP contribution in [0, 0.1) is 0 Å². The second kappa shape index (κ2) is 10.8. The quantitative estimate of drug-likeness (QED) is 0.328. The Labute approximate surface area is 209 Å². The van der Waals surface area contributed by atoms with Gasteiger partial charge < -0.3 is 19.3 Å². The molecule has 4 aromatic rings. The molecule has 0 saturated heterocycles. The summed E-state index contributed by atoms with van der Waals surface area (Å²) in [6, 6.07) is 33.3. The molecule has 36 heavy (non-hydrogen) atoms. The second-order valence-corrected chi connectivity index (χ2v) is 8.38. The third-order valence-corrected chi connectivity index (χ3v) is 5.83. The standard InChI is InChI=1S/C30H25NO5/c32-30(33)27-28(36-29(31-27)23-14-8-3-9-15-23)24-16-17-25(34-19-21-10-4-1-5-11-21)26(18-24)35-20-22-12-6-2-7-13-22/h1-18,27-28H,19-20H2,(H,32,33). The number of carbonyl (C=O) groups is 1. The van der Waals surface area contributed by atoms with E-state index in [1.54, 1.807) is 18.2 Å². The van der Waals surface area contributed by atoms with Crippen LogP contribution >= 0.6 is 0 Å². The van der Waals surface area contributed by atoms with Gasteiger partial charge >= 0.3 is 5.97 Å². The molecule has 6 heteroatoms. The monoisotopic (exact) mass is 479 g/mol. The molecular formula is C30H25NO5. The number of aliphatic carboxylic acids is 1. The van der Waals surface area contributed by atoms with E-state index >= 15 is 0 Å². The molecule has 0 fully saturated rings. The molecule has 1 aliphatic heterocycles. The summed E-state index contributed by atoms with van der Waals surface area (Å²) >= 11 is 0. The van der Waals surface area contributed by atoms with Crippen molar-refractivity contribution >= 4 is 11.9 Å². The van der Waals surface area contributed by atoms with Gasteiger partial charge in [0.25, 0.3) is 0 Å². The largest absolute Gasteiger partial charge is 0.485 e. The Balaban J connectivity index is 1.42. The Morgan fingerprint density at radius 1 is 0.750 bits per heavy atom. The van der Waals surface area contributed by atoms with E-state index in [2.05, 4.69) is 4.99 Å². The number of benzene rings is 4. The average molecular weight is 480 g/mol. The van der Waals surface area contributed by atoms with Crippen molar-refractivity contribution in [1.82, 2.24) is 0 Å². The lowest BCUT2D eigenvalue weighted by molar-refractivity contribution is -0.140. The minimum Gasteiger partial charge on any atom is -0.485 e. The summed E-state index contributed by atoms with van der Waals surface area (Å²) in [7, 11) is 0. The lowest BCUT2D eigenvalue weighted by Crippen LogP contribution is -2.23. The summed E-state index contributed by atoms with van der Waals surface area (Å²) in [5.74, 6) is 0.326. The lowest BCUT2D eigenvalue weighted by atomic mass is 10.0. The molecule has 6 nitrogen and oxygen atoms in total. The topological polar surface area (TPSA) is 77.4 Å². The molecule has 0 aliphatic carbocycles. The molecule has 1 N–H and O–H groups in total. The Hall–Kier alpha value is -4.58. The van der Waals surface area contributed by atoms with Crippen LogP contribution in [0.2, 0.25) is 0 Å². The molecule has 1 aliphatic rings. The van der Waals surface area contributed by atoms with Gasteiger partial charge in [0.05, 0.1) is 0 Å². The predicted octanol–water partition coefficient (Wildman–Crippen LogP) is 5.82. The maximum atomic E-state index is 12.0. The van der Waals surface area contributed by atoms with Crippen LogP contribution in [-0.4, -0.2) is 23.0 Å². The van der Waals surface area contributed by atoms with Crippen LogP contribution in [0.4, 0.5) is 0 Å². The molecule has 0 saturated carbocycles. The van der Waals surface area contributed by atoms with E-state index in [1.165, 1.54) is 0 Å².